The van der Waals surface area contributed by atoms with Crippen LogP contribution < -0.4 is 0 Å². The second kappa shape index (κ2) is 6.19. The van der Waals surface area contributed by atoms with Crippen molar-refractivity contribution in [3.8, 4) is 0 Å². The largest absolute Gasteiger partial charge is 0.361 e. The fourth-order valence-corrected chi connectivity index (χ4v) is 4.41. The zero-order valence-corrected chi connectivity index (χ0v) is 15.9. The Hall–Kier alpha value is -2.68. The Kier molecular flexibility index (Phi) is 3.78. The second-order valence-electron chi connectivity index (χ2n) is 6.66. The van der Waals surface area contributed by atoms with Gasteiger partial charge in [0.15, 0.2) is 0 Å². The lowest BCUT2D eigenvalue weighted by Crippen LogP contribution is -2.21. The molecule has 0 aliphatic carbocycles. The molecule has 2 nitrogen and oxygen atoms in total. The molecule has 5 rings (SSSR count). The SMILES string of the molecule is Clc1ccc(C(Cl)(c2c[nH]c3ccccc23)c2c[nH]c3ccccc23)cc1. The number of nitrogens with one attached hydrogen (secondary N) is 2. The van der Waals surface area contributed by atoms with Crippen LogP contribution in [0.25, 0.3) is 21.8 Å². The molecule has 0 amide bonds. The first-order valence-corrected chi connectivity index (χ1v) is 9.51. The highest BCUT2D eigenvalue weighted by Gasteiger charge is 2.38. The molecule has 0 bridgehead atoms. The Bertz CT molecular complexity index is 1170. The van der Waals surface area contributed by atoms with E-state index >= 15 is 0 Å². The molecule has 132 valence electrons. The number of aromatic nitrogens is 2. The molecule has 2 heterocycles. The maximum absolute atomic E-state index is 7.53. The van der Waals surface area contributed by atoms with Gasteiger partial charge in [-0.15, -0.1) is 11.6 Å². The third kappa shape index (κ3) is 2.48. The van der Waals surface area contributed by atoms with Gasteiger partial charge in [0, 0.05) is 50.3 Å². The van der Waals surface area contributed by atoms with Gasteiger partial charge in [-0.2, -0.15) is 0 Å². The van der Waals surface area contributed by atoms with E-state index in [9.17, 15) is 0 Å². The summed E-state index contributed by atoms with van der Waals surface area (Å²) in [6.07, 6.45) is 4.02. The van der Waals surface area contributed by atoms with Gasteiger partial charge in [-0.25, -0.2) is 0 Å². The number of alkyl halides is 1. The number of para-hydroxylation sites is 2. The predicted octanol–water partition coefficient (Wildman–Crippen LogP) is 6.83. The van der Waals surface area contributed by atoms with Gasteiger partial charge in [0.05, 0.1) is 0 Å². The van der Waals surface area contributed by atoms with Gasteiger partial charge in [-0.1, -0.05) is 60.1 Å². The van der Waals surface area contributed by atoms with Crippen molar-refractivity contribution in [3.05, 3.63) is 107 Å². The lowest BCUT2D eigenvalue weighted by atomic mass is 9.84. The highest BCUT2D eigenvalue weighted by atomic mass is 35.5. The Morgan fingerprint density at radius 3 is 1.63 bits per heavy atom. The molecule has 0 spiro atoms. The first-order valence-electron chi connectivity index (χ1n) is 8.76. The highest BCUT2D eigenvalue weighted by molar-refractivity contribution is 6.31. The van der Waals surface area contributed by atoms with Crippen LogP contribution >= 0.6 is 23.2 Å². The van der Waals surface area contributed by atoms with E-state index in [0.717, 1.165) is 38.5 Å². The maximum atomic E-state index is 7.53. The molecule has 0 radical (unpaired) electrons. The van der Waals surface area contributed by atoms with Crippen LogP contribution in [-0.2, 0) is 4.87 Å². The van der Waals surface area contributed by atoms with Crippen molar-refractivity contribution < 1.29 is 0 Å². The summed E-state index contributed by atoms with van der Waals surface area (Å²) in [5, 5.41) is 2.90. The number of aromatic amines is 2. The standard InChI is InChI=1S/C23H16Cl2N2/c24-16-11-9-15(10-12-16)23(25,19-13-26-21-7-3-1-5-17(19)21)20-14-27-22-8-4-2-6-18(20)22/h1-14,26-27H. The Morgan fingerprint density at radius 2 is 1.11 bits per heavy atom. The minimum Gasteiger partial charge on any atom is -0.361 e. The zero-order valence-electron chi connectivity index (χ0n) is 14.3. The summed E-state index contributed by atoms with van der Waals surface area (Å²) >= 11 is 13.7. The van der Waals surface area contributed by atoms with Crippen molar-refractivity contribution in [1.29, 1.82) is 0 Å². The Balaban J connectivity index is 1.87. The average Bonchev–Trinajstić information content (AvgIpc) is 3.33. The quantitative estimate of drug-likeness (QED) is 0.316. The molecule has 0 saturated carbocycles. The van der Waals surface area contributed by atoms with E-state index in [2.05, 4.69) is 34.2 Å². The highest BCUT2D eigenvalue weighted by Crippen LogP contribution is 2.48. The molecule has 0 atom stereocenters. The molecule has 3 aromatic carbocycles. The lowest BCUT2D eigenvalue weighted by molar-refractivity contribution is 0.898. The molecule has 0 saturated heterocycles. The smallest absolute Gasteiger partial charge is 0.123 e. The Labute approximate surface area is 166 Å². The van der Waals surface area contributed by atoms with E-state index in [1.54, 1.807) is 0 Å². The summed E-state index contributed by atoms with van der Waals surface area (Å²) in [5.74, 6) is 0. The van der Waals surface area contributed by atoms with E-state index in [0.29, 0.717) is 5.02 Å². The molecule has 0 unspecified atom stereocenters. The normalized spacial score (nSPS) is 12.1. The number of H-pyrrole nitrogens is 2. The van der Waals surface area contributed by atoms with Gasteiger partial charge < -0.3 is 9.97 Å². The molecule has 27 heavy (non-hydrogen) atoms. The van der Waals surface area contributed by atoms with Crippen molar-refractivity contribution in [2.24, 2.45) is 0 Å². The van der Waals surface area contributed by atoms with Crippen LogP contribution in [0.2, 0.25) is 5.02 Å². The van der Waals surface area contributed by atoms with Crippen molar-refractivity contribution in [2.45, 2.75) is 4.87 Å². The van der Waals surface area contributed by atoms with E-state index in [4.69, 9.17) is 23.2 Å². The fourth-order valence-electron chi connectivity index (χ4n) is 3.85. The fraction of sp³-hybridized carbons (Fsp3) is 0.0435. The van der Waals surface area contributed by atoms with Gasteiger partial charge in [-0.05, 0) is 29.8 Å². The van der Waals surface area contributed by atoms with Crippen LogP contribution in [0.4, 0.5) is 0 Å². The third-order valence-electron chi connectivity index (χ3n) is 5.16. The number of hydrogen-bond acceptors (Lipinski definition) is 0. The summed E-state index contributed by atoms with van der Waals surface area (Å²) in [6.45, 7) is 0. The number of benzene rings is 3. The number of rotatable bonds is 3. The van der Waals surface area contributed by atoms with Crippen molar-refractivity contribution in [2.75, 3.05) is 0 Å². The van der Waals surface area contributed by atoms with Gasteiger partial charge in [-0.3, -0.25) is 0 Å². The molecule has 4 heteroatoms. The lowest BCUT2D eigenvalue weighted by Gasteiger charge is -2.28. The average molecular weight is 391 g/mol. The molecule has 0 fully saturated rings. The van der Waals surface area contributed by atoms with Gasteiger partial charge in [0.2, 0.25) is 0 Å². The maximum Gasteiger partial charge on any atom is 0.123 e. The monoisotopic (exact) mass is 390 g/mol. The van der Waals surface area contributed by atoms with Crippen molar-refractivity contribution >= 4 is 45.0 Å². The predicted molar refractivity (Wildman–Crippen MR) is 114 cm³/mol. The van der Waals surface area contributed by atoms with Crippen LogP contribution in [0.3, 0.4) is 0 Å². The van der Waals surface area contributed by atoms with Crippen LogP contribution in [0.15, 0.2) is 85.2 Å². The second-order valence-corrected chi connectivity index (χ2v) is 7.66. The summed E-state index contributed by atoms with van der Waals surface area (Å²) in [5.41, 5.74) is 5.14. The van der Waals surface area contributed by atoms with Crippen molar-refractivity contribution in [1.82, 2.24) is 9.97 Å². The van der Waals surface area contributed by atoms with E-state index < -0.39 is 4.87 Å². The molecular formula is C23H16Cl2N2. The van der Waals surface area contributed by atoms with Gasteiger partial charge >= 0.3 is 0 Å². The number of fused-ring (bicyclic) bond motifs is 2. The molecular weight excluding hydrogens is 375 g/mol. The summed E-state index contributed by atoms with van der Waals surface area (Å²) in [4.78, 5) is 5.87. The Morgan fingerprint density at radius 1 is 0.630 bits per heavy atom. The first kappa shape index (κ1) is 16.5. The van der Waals surface area contributed by atoms with Crippen LogP contribution in [0, 0.1) is 0 Å². The van der Waals surface area contributed by atoms with Gasteiger partial charge in [0.1, 0.15) is 4.87 Å². The summed E-state index contributed by atoms with van der Waals surface area (Å²) in [7, 11) is 0. The molecule has 2 aromatic heterocycles. The van der Waals surface area contributed by atoms with E-state index in [1.807, 2.05) is 60.9 Å². The van der Waals surface area contributed by atoms with Crippen molar-refractivity contribution in [3.63, 3.8) is 0 Å². The molecule has 5 aromatic rings. The summed E-state index contributed by atoms with van der Waals surface area (Å²) < 4.78 is 0. The topological polar surface area (TPSA) is 31.6 Å². The van der Waals surface area contributed by atoms with Gasteiger partial charge in [0.25, 0.3) is 0 Å². The van der Waals surface area contributed by atoms with Crippen LogP contribution in [0.1, 0.15) is 16.7 Å². The summed E-state index contributed by atoms with van der Waals surface area (Å²) in [6, 6.07) is 24.2. The molecule has 2 N–H and O–H groups in total. The zero-order chi connectivity index (χ0) is 18.4. The minimum absolute atomic E-state index is 0.690. The van der Waals surface area contributed by atoms with Crippen LogP contribution in [0.5, 0.6) is 0 Å². The minimum atomic E-state index is -0.857. The third-order valence-corrected chi connectivity index (χ3v) is 6.04. The first-order chi connectivity index (χ1) is 13.2. The van der Waals surface area contributed by atoms with Crippen LogP contribution in [-0.4, -0.2) is 9.97 Å². The number of halogens is 2. The molecule has 0 aliphatic rings. The van der Waals surface area contributed by atoms with E-state index in [1.165, 1.54) is 0 Å². The number of hydrogen-bond donors (Lipinski definition) is 2. The van der Waals surface area contributed by atoms with E-state index in [-0.39, 0.29) is 0 Å². The molecule has 0 aliphatic heterocycles.